The zero-order valence-electron chi connectivity index (χ0n) is 7.14. The summed E-state index contributed by atoms with van der Waals surface area (Å²) < 4.78 is 5.19. The van der Waals surface area contributed by atoms with Gasteiger partial charge in [0.2, 0.25) is 0 Å². The zero-order valence-corrected chi connectivity index (χ0v) is 7.14. The normalized spacial score (nSPS) is 27.4. The summed E-state index contributed by atoms with van der Waals surface area (Å²) in [6.07, 6.45) is 0.341. The van der Waals surface area contributed by atoms with Crippen molar-refractivity contribution in [1.29, 1.82) is 0 Å². The number of hydrogen-bond acceptors (Lipinski definition) is 3. The molecule has 13 heavy (non-hydrogen) atoms. The Hall–Kier alpha value is -1.19. The van der Waals surface area contributed by atoms with Crippen LogP contribution >= 0.6 is 0 Å². The molecule has 3 heteroatoms. The summed E-state index contributed by atoms with van der Waals surface area (Å²) in [4.78, 5) is 10.4. The van der Waals surface area contributed by atoms with Crippen LogP contribution in [0, 0.1) is 0 Å². The van der Waals surface area contributed by atoms with E-state index >= 15 is 0 Å². The van der Waals surface area contributed by atoms with Gasteiger partial charge in [-0.15, -0.1) is 0 Å². The molecule has 2 atom stereocenters. The molecule has 1 aromatic rings. The third kappa shape index (κ3) is 1.76. The Balaban J connectivity index is 2.08. The van der Waals surface area contributed by atoms with Crippen molar-refractivity contribution < 1.29 is 9.53 Å². The molecule has 68 valence electrons. The maximum atomic E-state index is 10.4. The first-order valence-corrected chi connectivity index (χ1v) is 4.28. The van der Waals surface area contributed by atoms with E-state index in [0.29, 0.717) is 6.61 Å². The SMILES string of the molecule is O=CC1N[C@H](c2ccccc2)CO1. The average molecular weight is 177 g/mol. The molecule has 1 fully saturated rings. The Morgan fingerprint density at radius 1 is 1.38 bits per heavy atom. The Kier molecular flexibility index (Phi) is 2.38. The van der Waals surface area contributed by atoms with Gasteiger partial charge in [0.1, 0.15) is 0 Å². The highest BCUT2D eigenvalue weighted by Gasteiger charge is 2.24. The number of carbonyl (C=O) groups excluding carboxylic acids is 1. The summed E-state index contributed by atoms with van der Waals surface area (Å²) in [6.45, 7) is 0.563. The number of hydrogen-bond donors (Lipinski definition) is 1. The summed E-state index contributed by atoms with van der Waals surface area (Å²) in [7, 11) is 0. The van der Waals surface area contributed by atoms with E-state index in [2.05, 4.69) is 5.32 Å². The lowest BCUT2D eigenvalue weighted by Crippen LogP contribution is -2.26. The van der Waals surface area contributed by atoms with Crippen molar-refractivity contribution in [3.05, 3.63) is 35.9 Å². The van der Waals surface area contributed by atoms with Crippen LogP contribution in [0.1, 0.15) is 11.6 Å². The molecule has 1 aliphatic rings. The average Bonchev–Trinajstić information content (AvgIpc) is 2.67. The Morgan fingerprint density at radius 3 is 2.77 bits per heavy atom. The minimum Gasteiger partial charge on any atom is -0.354 e. The van der Waals surface area contributed by atoms with Crippen LogP contribution in [0.3, 0.4) is 0 Å². The molecule has 1 unspecified atom stereocenters. The molecule has 0 amide bonds. The van der Waals surface area contributed by atoms with E-state index in [1.165, 1.54) is 0 Å². The van der Waals surface area contributed by atoms with Gasteiger partial charge in [0.25, 0.3) is 0 Å². The quantitative estimate of drug-likeness (QED) is 0.681. The van der Waals surface area contributed by atoms with Gasteiger partial charge < -0.3 is 4.74 Å². The first kappa shape index (κ1) is 8.41. The predicted molar refractivity (Wildman–Crippen MR) is 48.1 cm³/mol. The fourth-order valence-electron chi connectivity index (χ4n) is 1.45. The minimum absolute atomic E-state index is 0.149. The minimum atomic E-state index is -0.440. The molecular weight excluding hydrogens is 166 g/mol. The van der Waals surface area contributed by atoms with E-state index in [4.69, 9.17) is 4.74 Å². The molecule has 1 aliphatic heterocycles. The lowest BCUT2D eigenvalue weighted by Gasteiger charge is -2.08. The van der Waals surface area contributed by atoms with Crippen LogP contribution in [0.2, 0.25) is 0 Å². The van der Waals surface area contributed by atoms with Gasteiger partial charge in [0, 0.05) is 0 Å². The maximum Gasteiger partial charge on any atom is 0.165 e. The topological polar surface area (TPSA) is 38.3 Å². The van der Waals surface area contributed by atoms with Crippen LogP contribution in [0.15, 0.2) is 30.3 Å². The molecule has 0 aliphatic carbocycles. The number of benzene rings is 1. The van der Waals surface area contributed by atoms with E-state index in [1.54, 1.807) is 0 Å². The van der Waals surface area contributed by atoms with Crippen molar-refractivity contribution in [2.24, 2.45) is 0 Å². The molecule has 0 bridgehead atoms. The van der Waals surface area contributed by atoms with Gasteiger partial charge in [-0.3, -0.25) is 10.1 Å². The molecule has 1 heterocycles. The van der Waals surface area contributed by atoms with Crippen molar-refractivity contribution >= 4 is 6.29 Å². The second kappa shape index (κ2) is 3.68. The van der Waals surface area contributed by atoms with Gasteiger partial charge in [-0.05, 0) is 5.56 Å². The first-order valence-electron chi connectivity index (χ1n) is 4.28. The summed E-state index contributed by atoms with van der Waals surface area (Å²) in [5.74, 6) is 0. The molecular formula is C10H11NO2. The van der Waals surface area contributed by atoms with E-state index < -0.39 is 6.23 Å². The fourth-order valence-corrected chi connectivity index (χ4v) is 1.45. The van der Waals surface area contributed by atoms with Crippen LogP contribution in [0.5, 0.6) is 0 Å². The molecule has 1 aromatic carbocycles. The second-order valence-corrected chi connectivity index (χ2v) is 3.02. The molecule has 1 saturated heterocycles. The van der Waals surface area contributed by atoms with Crippen molar-refractivity contribution in [2.75, 3.05) is 6.61 Å². The van der Waals surface area contributed by atoms with Gasteiger partial charge in [-0.1, -0.05) is 30.3 Å². The Labute approximate surface area is 76.7 Å². The van der Waals surface area contributed by atoms with Gasteiger partial charge in [0.15, 0.2) is 12.5 Å². The van der Waals surface area contributed by atoms with Crippen LogP contribution < -0.4 is 5.32 Å². The highest BCUT2D eigenvalue weighted by atomic mass is 16.5. The third-order valence-electron chi connectivity index (χ3n) is 2.13. The molecule has 0 radical (unpaired) electrons. The molecule has 0 spiro atoms. The molecule has 2 rings (SSSR count). The van der Waals surface area contributed by atoms with E-state index in [9.17, 15) is 4.79 Å². The standard InChI is InChI=1S/C10H11NO2/c12-6-10-11-9(7-13-10)8-4-2-1-3-5-8/h1-6,9-11H,7H2/t9-,10?/m0/s1. The number of nitrogens with one attached hydrogen (secondary N) is 1. The van der Waals surface area contributed by atoms with Crippen LogP contribution in [0.25, 0.3) is 0 Å². The van der Waals surface area contributed by atoms with Crippen LogP contribution in [0.4, 0.5) is 0 Å². The van der Waals surface area contributed by atoms with Crippen molar-refractivity contribution in [3.63, 3.8) is 0 Å². The van der Waals surface area contributed by atoms with Gasteiger partial charge in [0.05, 0.1) is 12.6 Å². The van der Waals surface area contributed by atoms with Gasteiger partial charge >= 0.3 is 0 Å². The molecule has 0 saturated carbocycles. The molecule has 1 N–H and O–H groups in total. The summed E-state index contributed by atoms with van der Waals surface area (Å²) in [5.41, 5.74) is 1.16. The smallest absolute Gasteiger partial charge is 0.165 e. The highest BCUT2D eigenvalue weighted by Crippen LogP contribution is 2.18. The number of carbonyl (C=O) groups is 1. The lowest BCUT2D eigenvalue weighted by molar-refractivity contribution is -0.116. The van der Waals surface area contributed by atoms with Gasteiger partial charge in [-0.25, -0.2) is 0 Å². The lowest BCUT2D eigenvalue weighted by atomic mass is 10.1. The summed E-state index contributed by atoms with van der Waals surface area (Å²) >= 11 is 0. The number of ether oxygens (including phenoxy) is 1. The van der Waals surface area contributed by atoms with Crippen LogP contribution in [-0.4, -0.2) is 19.1 Å². The molecule has 3 nitrogen and oxygen atoms in total. The fraction of sp³-hybridized carbons (Fsp3) is 0.300. The van der Waals surface area contributed by atoms with E-state index in [-0.39, 0.29) is 6.04 Å². The van der Waals surface area contributed by atoms with Crippen molar-refractivity contribution in [3.8, 4) is 0 Å². The van der Waals surface area contributed by atoms with E-state index in [1.807, 2.05) is 30.3 Å². The second-order valence-electron chi connectivity index (χ2n) is 3.02. The summed E-state index contributed by atoms with van der Waals surface area (Å²) in [5, 5.41) is 3.07. The largest absolute Gasteiger partial charge is 0.354 e. The Morgan fingerprint density at radius 2 is 2.15 bits per heavy atom. The predicted octanol–water partition coefficient (Wildman–Crippen LogP) is 0.873. The first-order chi connectivity index (χ1) is 6.40. The number of rotatable bonds is 2. The third-order valence-corrected chi connectivity index (χ3v) is 2.13. The van der Waals surface area contributed by atoms with Crippen molar-refractivity contribution in [1.82, 2.24) is 5.32 Å². The number of aldehydes is 1. The van der Waals surface area contributed by atoms with Crippen LogP contribution in [-0.2, 0) is 9.53 Å². The highest BCUT2D eigenvalue weighted by molar-refractivity contribution is 5.56. The zero-order chi connectivity index (χ0) is 9.10. The van der Waals surface area contributed by atoms with E-state index in [0.717, 1.165) is 11.8 Å². The maximum absolute atomic E-state index is 10.4. The molecule has 0 aromatic heterocycles. The Bertz CT molecular complexity index is 286. The monoisotopic (exact) mass is 177 g/mol. The van der Waals surface area contributed by atoms with Crippen molar-refractivity contribution in [2.45, 2.75) is 12.3 Å². The van der Waals surface area contributed by atoms with Gasteiger partial charge in [-0.2, -0.15) is 0 Å². The summed E-state index contributed by atoms with van der Waals surface area (Å²) in [6, 6.07) is 10.1.